The van der Waals surface area contributed by atoms with E-state index in [4.69, 9.17) is 11.6 Å². The summed E-state index contributed by atoms with van der Waals surface area (Å²) in [5.74, 6) is -3.77. The second kappa shape index (κ2) is 9.45. The number of nitrogens with zero attached hydrogens (tertiary/aromatic N) is 2. The van der Waals surface area contributed by atoms with Gasteiger partial charge >= 0.3 is 5.97 Å². The van der Waals surface area contributed by atoms with Crippen molar-refractivity contribution in [3.05, 3.63) is 51.8 Å². The van der Waals surface area contributed by atoms with E-state index < -0.39 is 29.1 Å². The number of halogens is 3. The summed E-state index contributed by atoms with van der Waals surface area (Å²) in [5.41, 5.74) is 0.381. The normalized spacial score (nSPS) is 11.1. The SMILES string of the molecule is CCCCn1nc(C)c(/C=C/C(=O)Nc2cc(C(=O)OC)c(F)cc2F)c1Cl. The van der Waals surface area contributed by atoms with Gasteiger partial charge in [-0.2, -0.15) is 5.10 Å². The van der Waals surface area contributed by atoms with Gasteiger partial charge in [-0.05, 0) is 25.5 Å². The number of hydrogen-bond acceptors (Lipinski definition) is 4. The first-order valence-electron chi connectivity index (χ1n) is 8.57. The zero-order chi connectivity index (χ0) is 20.8. The van der Waals surface area contributed by atoms with Crippen molar-refractivity contribution in [3.8, 4) is 0 Å². The van der Waals surface area contributed by atoms with Crippen LogP contribution in [0.5, 0.6) is 0 Å². The second-order valence-electron chi connectivity index (χ2n) is 5.99. The molecule has 0 unspecified atom stereocenters. The van der Waals surface area contributed by atoms with E-state index in [1.54, 1.807) is 11.6 Å². The largest absolute Gasteiger partial charge is 0.465 e. The van der Waals surface area contributed by atoms with Gasteiger partial charge in [0.15, 0.2) is 0 Å². The molecule has 1 aromatic carbocycles. The summed E-state index contributed by atoms with van der Waals surface area (Å²) in [6.45, 7) is 4.47. The van der Waals surface area contributed by atoms with Crippen molar-refractivity contribution in [3.63, 3.8) is 0 Å². The van der Waals surface area contributed by atoms with Crippen LogP contribution >= 0.6 is 11.6 Å². The van der Waals surface area contributed by atoms with Gasteiger partial charge in [-0.1, -0.05) is 24.9 Å². The van der Waals surface area contributed by atoms with E-state index >= 15 is 0 Å². The molecule has 0 aliphatic carbocycles. The Bertz CT molecular complexity index is 926. The molecule has 2 aromatic rings. The Morgan fingerprint density at radius 1 is 1.32 bits per heavy atom. The van der Waals surface area contributed by atoms with E-state index in [2.05, 4.69) is 22.1 Å². The quantitative estimate of drug-likeness (QED) is 0.542. The maximum Gasteiger partial charge on any atom is 0.340 e. The number of ether oxygens (including phenoxy) is 1. The first-order chi connectivity index (χ1) is 13.3. The molecule has 6 nitrogen and oxygen atoms in total. The molecule has 1 amide bonds. The summed E-state index contributed by atoms with van der Waals surface area (Å²) >= 11 is 6.29. The molecule has 2 rings (SSSR count). The zero-order valence-corrected chi connectivity index (χ0v) is 16.4. The molecule has 0 atom stereocenters. The molecular formula is C19H20ClF2N3O3. The van der Waals surface area contributed by atoms with E-state index in [0.29, 0.717) is 29.0 Å². The lowest BCUT2D eigenvalue weighted by Gasteiger charge is -2.07. The number of hydrogen-bond donors (Lipinski definition) is 1. The second-order valence-corrected chi connectivity index (χ2v) is 6.35. The lowest BCUT2D eigenvalue weighted by atomic mass is 10.1. The predicted octanol–water partition coefficient (Wildman–Crippen LogP) is 4.36. The van der Waals surface area contributed by atoms with Gasteiger partial charge in [0.2, 0.25) is 5.91 Å². The van der Waals surface area contributed by atoms with Gasteiger partial charge in [0.05, 0.1) is 24.1 Å². The van der Waals surface area contributed by atoms with E-state index in [9.17, 15) is 18.4 Å². The van der Waals surface area contributed by atoms with Crippen LogP contribution in [0.15, 0.2) is 18.2 Å². The fraction of sp³-hybridized carbons (Fsp3) is 0.316. The minimum Gasteiger partial charge on any atom is -0.465 e. The monoisotopic (exact) mass is 411 g/mol. The van der Waals surface area contributed by atoms with Crippen molar-refractivity contribution < 1.29 is 23.1 Å². The summed E-state index contributed by atoms with van der Waals surface area (Å²) < 4.78 is 33.6. The summed E-state index contributed by atoms with van der Waals surface area (Å²) in [7, 11) is 1.07. The highest BCUT2D eigenvalue weighted by Crippen LogP contribution is 2.23. The van der Waals surface area contributed by atoms with Gasteiger partial charge in [0.25, 0.3) is 0 Å². The molecule has 0 saturated carbocycles. The molecule has 0 radical (unpaired) electrons. The molecule has 150 valence electrons. The third-order valence-corrected chi connectivity index (χ3v) is 4.35. The number of carbonyl (C=O) groups excluding carboxylic acids is 2. The van der Waals surface area contributed by atoms with Crippen LogP contribution in [0.25, 0.3) is 6.08 Å². The third kappa shape index (κ3) is 4.95. The first kappa shape index (κ1) is 21.6. The van der Waals surface area contributed by atoms with Crippen molar-refractivity contribution in [2.75, 3.05) is 12.4 Å². The van der Waals surface area contributed by atoms with Gasteiger partial charge in [-0.25, -0.2) is 13.6 Å². The fourth-order valence-electron chi connectivity index (χ4n) is 2.46. The Labute approximate surface area is 166 Å². The predicted molar refractivity (Wildman–Crippen MR) is 102 cm³/mol. The number of aromatic nitrogens is 2. The van der Waals surface area contributed by atoms with Crippen molar-refractivity contribution in [1.82, 2.24) is 9.78 Å². The van der Waals surface area contributed by atoms with Crippen molar-refractivity contribution in [1.29, 1.82) is 0 Å². The van der Waals surface area contributed by atoms with E-state index in [-0.39, 0.29) is 5.69 Å². The number of anilines is 1. The highest BCUT2D eigenvalue weighted by atomic mass is 35.5. The Hall–Kier alpha value is -2.74. The van der Waals surface area contributed by atoms with Gasteiger partial charge in [-0.3, -0.25) is 9.48 Å². The van der Waals surface area contributed by atoms with Crippen molar-refractivity contribution in [2.45, 2.75) is 33.2 Å². The summed E-state index contributed by atoms with van der Waals surface area (Å²) in [5, 5.41) is 6.98. The number of rotatable bonds is 7. The molecular weight excluding hydrogens is 392 g/mol. The number of esters is 1. The zero-order valence-electron chi connectivity index (χ0n) is 15.7. The fourth-order valence-corrected chi connectivity index (χ4v) is 2.78. The Balaban J connectivity index is 2.19. The minimum absolute atomic E-state index is 0.349. The highest BCUT2D eigenvalue weighted by Gasteiger charge is 2.17. The highest BCUT2D eigenvalue weighted by molar-refractivity contribution is 6.31. The van der Waals surface area contributed by atoms with Crippen LogP contribution in [0.3, 0.4) is 0 Å². The number of aryl methyl sites for hydroxylation is 2. The van der Waals surface area contributed by atoms with Crippen LogP contribution in [0.1, 0.15) is 41.4 Å². The molecule has 0 spiro atoms. The van der Waals surface area contributed by atoms with Gasteiger partial charge < -0.3 is 10.1 Å². The maximum absolute atomic E-state index is 13.9. The number of methoxy groups -OCH3 is 1. The third-order valence-electron chi connectivity index (χ3n) is 3.95. The molecule has 9 heteroatoms. The molecule has 0 aliphatic heterocycles. The summed E-state index contributed by atoms with van der Waals surface area (Å²) in [6, 6.07) is 1.38. The molecule has 1 heterocycles. The van der Waals surface area contributed by atoms with E-state index in [1.165, 1.54) is 6.08 Å². The standard InChI is InChI=1S/C19H20ClF2N3O3/c1-4-5-8-25-18(20)12(11(2)24-25)6-7-17(26)23-16-9-13(19(27)28-3)14(21)10-15(16)22/h6-7,9-10H,4-5,8H2,1-3H3,(H,23,26)/b7-6+. The van der Waals surface area contributed by atoms with Gasteiger partial charge in [0, 0.05) is 24.3 Å². The molecule has 1 aromatic heterocycles. The smallest absolute Gasteiger partial charge is 0.340 e. The maximum atomic E-state index is 13.9. The average Bonchev–Trinajstić information content (AvgIpc) is 2.93. The summed E-state index contributed by atoms with van der Waals surface area (Å²) in [4.78, 5) is 23.6. The molecule has 0 aliphatic rings. The number of unbranched alkanes of at least 4 members (excludes halogenated alkanes) is 1. The van der Waals surface area contributed by atoms with Gasteiger partial charge in [0.1, 0.15) is 16.8 Å². The molecule has 1 N–H and O–H groups in total. The average molecular weight is 412 g/mol. The number of amides is 1. The van der Waals surface area contributed by atoms with Crippen LogP contribution in [0.4, 0.5) is 14.5 Å². The van der Waals surface area contributed by atoms with Crippen molar-refractivity contribution >= 4 is 35.2 Å². The van der Waals surface area contributed by atoms with Crippen LogP contribution in [0, 0.1) is 18.6 Å². The lowest BCUT2D eigenvalue weighted by molar-refractivity contribution is -0.111. The van der Waals surface area contributed by atoms with Crippen LogP contribution in [-0.4, -0.2) is 28.8 Å². The summed E-state index contributed by atoms with van der Waals surface area (Å²) in [6.07, 6.45) is 4.52. The topological polar surface area (TPSA) is 73.2 Å². The van der Waals surface area contributed by atoms with E-state index in [1.807, 2.05) is 0 Å². The van der Waals surface area contributed by atoms with Crippen LogP contribution in [-0.2, 0) is 16.1 Å². The Kier molecular flexibility index (Phi) is 7.28. The number of nitrogens with one attached hydrogen (secondary N) is 1. The molecule has 0 saturated heterocycles. The molecule has 0 fully saturated rings. The Morgan fingerprint density at radius 3 is 2.68 bits per heavy atom. The minimum atomic E-state index is -1.08. The van der Waals surface area contributed by atoms with E-state index in [0.717, 1.165) is 32.1 Å². The number of carbonyl (C=O) groups is 2. The van der Waals surface area contributed by atoms with Gasteiger partial charge in [-0.15, -0.1) is 0 Å². The Morgan fingerprint density at radius 2 is 2.04 bits per heavy atom. The van der Waals surface area contributed by atoms with Crippen LogP contribution < -0.4 is 5.32 Å². The molecule has 0 bridgehead atoms. The first-order valence-corrected chi connectivity index (χ1v) is 8.95. The van der Waals surface area contributed by atoms with Crippen LogP contribution in [0.2, 0.25) is 5.15 Å². The lowest BCUT2D eigenvalue weighted by Crippen LogP contribution is -2.12. The molecule has 28 heavy (non-hydrogen) atoms. The van der Waals surface area contributed by atoms with Crippen molar-refractivity contribution in [2.24, 2.45) is 0 Å². The number of benzene rings is 1.